The molecule has 2 N–H and O–H groups in total. The number of carboxylic acid groups (broad SMARTS) is 1. The van der Waals surface area contributed by atoms with Gasteiger partial charge in [-0.25, -0.2) is 4.90 Å². The van der Waals surface area contributed by atoms with Crippen molar-refractivity contribution in [3.05, 3.63) is 29.8 Å². The first-order valence-electron chi connectivity index (χ1n) is 7.05. The van der Waals surface area contributed by atoms with Crippen molar-refractivity contribution >= 4 is 40.5 Å². The molecule has 1 aromatic rings. The first kappa shape index (κ1) is 17.0. The van der Waals surface area contributed by atoms with Crippen LogP contribution in [0.3, 0.4) is 0 Å². The first-order valence-corrected chi connectivity index (χ1v) is 7.93. The third kappa shape index (κ3) is 3.89. The van der Waals surface area contributed by atoms with E-state index >= 15 is 0 Å². The Kier molecular flexibility index (Phi) is 5.38. The van der Waals surface area contributed by atoms with Gasteiger partial charge in [0.25, 0.3) is 5.24 Å². The van der Waals surface area contributed by atoms with Gasteiger partial charge in [0.15, 0.2) is 0 Å². The fraction of sp³-hybridized carbons (Fsp3) is 0.333. The van der Waals surface area contributed by atoms with Crippen LogP contribution in [0.25, 0.3) is 0 Å². The van der Waals surface area contributed by atoms with Crippen molar-refractivity contribution in [3.63, 3.8) is 0 Å². The lowest BCUT2D eigenvalue weighted by atomic mass is 10.1. The Morgan fingerprint density at radius 3 is 2.65 bits per heavy atom. The maximum Gasteiger partial charge on any atom is 0.322 e. The molecule has 1 saturated heterocycles. The van der Waals surface area contributed by atoms with Crippen LogP contribution in [0.4, 0.5) is 10.5 Å². The lowest BCUT2D eigenvalue weighted by Gasteiger charge is -2.17. The van der Waals surface area contributed by atoms with Crippen LogP contribution in [0, 0.1) is 0 Å². The molecule has 1 atom stereocenters. The number of imide groups is 1. The van der Waals surface area contributed by atoms with Crippen molar-refractivity contribution in [2.45, 2.75) is 25.0 Å². The van der Waals surface area contributed by atoms with Gasteiger partial charge in [0.05, 0.1) is 5.69 Å². The number of carbonyl (C=O) groups excluding carboxylic acids is 3. The number of para-hydroxylation sites is 1. The Bertz CT molecular complexity index is 661. The Labute approximate surface area is 137 Å². The van der Waals surface area contributed by atoms with E-state index in [0.717, 1.165) is 22.2 Å². The largest absolute Gasteiger partial charge is 0.480 e. The molecule has 1 fully saturated rings. The number of nitrogens with one attached hydrogen (secondary N) is 1. The summed E-state index contributed by atoms with van der Waals surface area (Å²) in [6.45, 7) is 1.41. The van der Waals surface area contributed by atoms with E-state index in [1.807, 2.05) is 19.1 Å². The van der Waals surface area contributed by atoms with Gasteiger partial charge >= 0.3 is 5.97 Å². The van der Waals surface area contributed by atoms with Crippen LogP contribution in [0.2, 0.25) is 0 Å². The molecule has 1 aromatic carbocycles. The summed E-state index contributed by atoms with van der Waals surface area (Å²) in [7, 11) is 0. The van der Waals surface area contributed by atoms with E-state index in [1.165, 1.54) is 0 Å². The minimum Gasteiger partial charge on any atom is -0.480 e. The number of rotatable bonds is 6. The highest BCUT2D eigenvalue weighted by atomic mass is 32.2. The molecule has 7 nitrogen and oxygen atoms in total. The molecule has 2 rings (SSSR count). The average Bonchev–Trinajstić information content (AvgIpc) is 2.79. The van der Waals surface area contributed by atoms with E-state index < -0.39 is 34.8 Å². The van der Waals surface area contributed by atoms with Crippen molar-refractivity contribution in [2.75, 3.05) is 11.4 Å². The van der Waals surface area contributed by atoms with Crippen molar-refractivity contribution in [1.29, 1.82) is 0 Å². The van der Waals surface area contributed by atoms with E-state index in [2.05, 4.69) is 5.32 Å². The summed E-state index contributed by atoms with van der Waals surface area (Å²) < 4.78 is 0. The maximum atomic E-state index is 12.4. The molecule has 0 aliphatic carbocycles. The molecule has 1 heterocycles. The molecule has 3 amide bonds. The molecule has 1 aliphatic heterocycles. The Hall–Kier alpha value is -2.35. The highest BCUT2D eigenvalue weighted by Crippen LogP contribution is 2.35. The zero-order chi connectivity index (χ0) is 17.0. The number of hydrogen-bond donors (Lipinski definition) is 2. The van der Waals surface area contributed by atoms with Gasteiger partial charge in [-0.1, -0.05) is 25.1 Å². The minimum absolute atomic E-state index is 0.229. The van der Waals surface area contributed by atoms with Crippen LogP contribution in [-0.4, -0.2) is 39.9 Å². The van der Waals surface area contributed by atoms with Gasteiger partial charge in [-0.15, -0.1) is 0 Å². The van der Waals surface area contributed by atoms with Crippen LogP contribution in [0.1, 0.15) is 18.9 Å². The molecule has 1 aliphatic rings. The molecule has 0 bridgehead atoms. The van der Waals surface area contributed by atoms with Crippen molar-refractivity contribution in [2.24, 2.45) is 0 Å². The third-order valence-corrected chi connectivity index (χ3v) is 4.38. The average molecular weight is 336 g/mol. The summed E-state index contributed by atoms with van der Waals surface area (Å²) in [5.41, 5.74) is 1.40. The van der Waals surface area contributed by atoms with Crippen molar-refractivity contribution < 1.29 is 24.3 Å². The summed E-state index contributed by atoms with van der Waals surface area (Å²) in [6, 6.07) is 7.11. The van der Waals surface area contributed by atoms with Gasteiger partial charge < -0.3 is 10.4 Å². The number of amides is 3. The minimum atomic E-state index is -1.17. The number of carboxylic acids is 1. The number of nitrogens with zero attached hydrogens (tertiary/aromatic N) is 1. The Balaban J connectivity index is 2.11. The molecule has 122 valence electrons. The lowest BCUT2D eigenvalue weighted by molar-refractivity contribution is -0.137. The van der Waals surface area contributed by atoms with Crippen LogP contribution in [0.5, 0.6) is 0 Å². The van der Waals surface area contributed by atoms with Crippen LogP contribution in [-0.2, 0) is 20.8 Å². The molecule has 0 radical (unpaired) electrons. The second-order valence-electron chi connectivity index (χ2n) is 4.90. The zero-order valence-electron chi connectivity index (χ0n) is 12.4. The zero-order valence-corrected chi connectivity index (χ0v) is 13.3. The van der Waals surface area contributed by atoms with Crippen molar-refractivity contribution in [3.8, 4) is 0 Å². The van der Waals surface area contributed by atoms with E-state index in [1.54, 1.807) is 12.1 Å². The van der Waals surface area contributed by atoms with Gasteiger partial charge in [-0.05, 0) is 29.8 Å². The first-order chi connectivity index (χ1) is 10.9. The summed E-state index contributed by atoms with van der Waals surface area (Å²) in [5.74, 6) is -2.19. The fourth-order valence-corrected chi connectivity index (χ4v) is 3.23. The predicted octanol–water partition coefficient (Wildman–Crippen LogP) is 1.41. The van der Waals surface area contributed by atoms with E-state index in [4.69, 9.17) is 5.11 Å². The standard InChI is InChI=1S/C15H16N2O5S/c1-2-9-5-3-4-6-10(9)17-14(21)11(23-15(17)22)7-12(18)16-8-13(19)20/h3-6,11H,2,7-8H2,1H3,(H,16,18)(H,19,20). The molecule has 23 heavy (non-hydrogen) atoms. The summed E-state index contributed by atoms with van der Waals surface area (Å²) >= 11 is 0.788. The van der Waals surface area contributed by atoms with Crippen LogP contribution >= 0.6 is 11.8 Å². The van der Waals surface area contributed by atoms with Crippen LogP contribution in [0.15, 0.2) is 24.3 Å². The van der Waals surface area contributed by atoms with Gasteiger partial charge in [-0.2, -0.15) is 0 Å². The highest BCUT2D eigenvalue weighted by molar-refractivity contribution is 8.15. The Morgan fingerprint density at radius 1 is 1.30 bits per heavy atom. The summed E-state index contributed by atoms with van der Waals surface area (Å²) in [5, 5.41) is 9.45. The third-order valence-electron chi connectivity index (χ3n) is 3.34. The van der Waals surface area contributed by atoms with E-state index in [-0.39, 0.29) is 6.42 Å². The molecular weight excluding hydrogens is 320 g/mol. The smallest absolute Gasteiger partial charge is 0.322 e. The molecular formula is C15H16N2O5S. The number of anilines is 1. The van der Waals surface area contributed by atoms with E-state index in [9.17, 15) is 19.2 Å². The Morgan fingerprint density at radius 2 is 2.00 bits per heavy atom. The van der Waals surface area contributed by atoms with Gasteiger partial charge in [0.1, 0.15) is 11.8 Å². The molecule has 1 unspecified atom stereocenters. The molecule has 0 saturated carbocycles. The SMILES string of the molecule is CCc1ccccc1N1C(=O)SC(CC(=O)NCC(=O)O)C1=O. The van der Waals surface area contributed by atoms with Gasteiger partial charge in [-0.3, -0.25) is 19.2 Å². The molecule has 0 spiro atoms. The lowest BCUT2D eigenvalue weighted by Crippen LogP contribution is -2.36. The normalized spacial score (nSPS) is 17.4. The number of hydrogen-bond acceptors (Lipinski definition) is 5. The second kappa shape index (κ2) is 7.28. The number of benzene rings is 1. The number of thioether (sulfide) groups is 1. The fourth-order valence-electron chi connectivity index (χ4n) is 2.25. The maximum absolute atomic E-state index is 12.4. The number of carbonyl (C=O) groups is 4. The topological polar surface area (TPSA) is 104 Å². The number of aliphatic carboxylic acids is 1. The van der Waals surface area contributed by atoms with Gasteiger partial charge in [0.2, 0.25) is 11.8 Å². The molecule has 0 aromatic heterocycles. The second-order valence-corrected chi connectivity index (χ2v) is 6.06. The molecule has 8 heteroatoms. The monoisotopic (exact) mass is 336 g/mol. The van der Waals surface area contributed by atoms with Crippen LogP contribution < -0.4 is 10.2 Å². The van der Waals surface area contributed by atoms with E-state index in [0.29, 0.717) is 12.1 Å². The quantitative estimate of drug-likeness (QED) is 0.814. The predicted molar refractivity (Wildman–Crippen MR) is 85.3 cm³/mol. The number of aryl methyl sites for hydroxylation is 1. The highest BCUT2D eigenvalue weighted by Gasteiger charge is 2.42. The van der Waals surface area contributed by atoms with Gasteiger partial charge in [0, 0.05) is 6.42 Å². The summed E-state index contributed by atoms with van der Waals surface area (Å²) in [4.78, 5) is 47.8. The van der Waals surface area contributed by atoms with Crippen molar-refractivity contribution in [1.82, 2.24) is 5.32 Å². The summed E-state index contributed by atoms with van der Waals surface area (Å²) in [6.07, 6.45) is 0.439.